The number of carbonyl (C=O) groups is 2. The highest BCUT2D eigenvalue weighted by Gasteiger charge is 2.42. The third-order valence-corrected chi connectivity index (χ3v) is 3.18. The normalized spacial score (nSPS) is 25.2. The number of carboxylic acid groups (broad SMARTS) is 1. The van der Waals surface area contributed by atoms with Crippen LogP contribution in [0.4, 0.5) is 18.0 Å². The Morgan fingerprint density at radius 2 is 2.05 bits per heavy atom. The number of carbonyl (C=O) groups excluding carboxylic acids is 1. The van der Waals surface area contributed by atoms with Crippen LogP contribution in [-0.2, 0) is 4.79 Å². The molecule has 2 amide bonds. The molecular formula is C11H17F3N2O3. The molecule has 0 spiro atoms. The van der Waals surface area contributed by atoms with Crippen LogP contribution in [0.2, 0.25) is 0 Å². The first-order valence-corrected chi connectivity index (χ1v) is 5.89. The van der Waals surface area contributed by atoms with Crippen molar-refractivity contribution < 1.29 is 27.9 Å². The predicted octanol–water partition coefficient (Wildman–Crippen LogP) is 1.83. The molecule has 110 valence electrons. The average Bonchev–Trinajstić information content (AvgIpc) is 2.59. The number of nitrogens with one attached hydrogen (secondary N) is 1. The van der Waals surface area contributed by atoms with Crippen LogP contribution in [-0.4, -0.2) is 47.3 Å². The smallest absolute Gasteiger partial charge is 0.391 e. The van der Waals surface area contributed by atoms with Crippen molar-refractivity contribution in [3.05, 3.63) is 0 Å². The zero-order valence-corrected chi connectivity index (χ0v) is 10.8. The third kappa shape index (κ3) is 4.29. The van der Waals surface area contributed by atoms with Crippen molar-refractivity contribution in [1.82, 2.24) is 10.2 Å². The Morgan fingerprint density at radius 3 is 2.47 bits per heavy atom. The van der Waals surface area contributed by atoms with Gasteiger partial charge in [0.25, 0.3) is 0 Å². The van der Waals surface area contributed by atoms with E-state index in [1.807, 2.05) is 0 Å². The molecule has 0 aromatic rings. The summed E-state index contributed by atoms with van der Waals surface area (Å²) < 4.78 is 36.4. The fourth-order valence-corrected chi connectivity index (χ4v) is 2.01. The molecule has 2 atom stereocenters. The molecule has 0 saturated carbocycles. The van der Waals surface area contributed by atoms with E-state index in [9.17, 15) is 22.8 Å². The minimum Gasteiger partial charge on any atom is -0.481 e. The molecule has 8 heteroatoms. The van der Waals surface area contributed by atoms with Crippen molar-refractivity contribution in [3.63, 3.8) is 0 Å². The molecule has 0 aliphatic carbocycles. The molecule has 5 nitrogen and oxygen atoms in total. The van der Waals surface area contributed by atoms with Crippen LogP contribution in [0.1, 0.15) is 26.7 Å². The lowest BCUT2D eigenvalue weighted by Crippen LogP contribution is -2.45. The van der Waals surface area contributed by atoms with E-state index >= 15 is 0 Å². The van der Waals surface area contributed by atoms with Crippen LogP contribution < -0.4 is 5.32 Å². The molecule has 1 saturated heterocycles. The number of alkyl halides is 3. The van der Waals surface area contributed by atoms with E-state index in [0.29, 0.717) is 6.42 Å². The summed E-state index contributed by atoms with van der Waals surface area (Å²) in [5.74, 6) is -1.01. The molecule has 1 fully saturated rings. The second-order valence-electron chi connectivity index (χ2n) is 5.21. The van der Waals surface area contributed by atoms with E-state index in [2.05, 4.69) is 5.32 Å². The quantitative estimate of drug-likeness (QED) is 0.829. The number of rotatable bonds is 3. The number of hydrogen-bond acceptors (Lipinski definition) is 2. The molecule has 1 aliphatic heterocycles. The van der Waals surface area contributed by atoms with E-state index in [-0.39, 0.29) is 13.1 Å². The Labute approximate surface area is 108 Å². The van der Waals surface area contributed by atoms with Gasteiger partial charge in [0.15, 0.2) is 0 Å². The largest absolute Gasteiger partial charge is 0.481 e. The molecule has 0 aromatic carbocycles. The molecule has 2 unspecified atom stereocenters. The van der Waals surface area contributed by atoms with Gasteiger partial charge in [-0.05, 0) is 20.3 Å². The summed E-state index contributed by atoms with van der Waals surface area (Å²) in [5, 5.41) is 11.2. The Hall–Kier alpha value is -1.47. The van der Waals surface area contributed by atoms with Crippen molar-refractivity contribution in [3.8, 4) is 0 Å². The second kappa shape index (κ2) is 5.26. The minimum absolute atomic E-state index is 0.00685. The summed E-state index contributed by atoms with van der Waals surface area (Å²) >= 11 is 0. The first kappa shape index (κ1) is 15.6. The maximum absolute atomic E-state index is 12.1. The van der Waals surface area contributed by atoms with Gasteiger partial charge in [-0.15, -0.1) is 0 Å². The Kier molecular flexibility index (Phi) is 4.32. The Balaban J connectivity index is 2.50. The SMILES string of the molecule is CC(CC(F)(F)F)NC(=O)N1CCC(C)(C(=O)O)C1. The maximum Gasteiger partial charge on any atom is 0.391 e. The number of likely N-dealkylation sites (tertiary alicyclic amines) is 1. The maximum atomic E-state index is 12.1. The van der Waals surface area contributed by atoms with Gasteiger partial charge in [0, 0.05) is 19.1 Å². The van der Waals surface area contributed by atoms with Crippen molar-refractivity contribution in [2.24, 2.45) is 5.41 Å². The number of aliphatic carboxylic acids is 1. The van der Waals surface area contributed by atoms with Crippen LogP contribution in [0.25, 0.3) is 0 Å². The summed E-state index contributed by atoms with van der Waals surface area (Å²) in [5.41, 5.74) is -1.02. The van der Waals surface area contributed by atoms with E-state index in [4.69, 9.17) is 5.11 Å². The molecule has 19 heavy (non-hydrogen) atoms. The molecular weight excluding hydrogens is 265 g/mol. The first-order valence-electron chi connectivity index (χ1n) is 5.89. The monoisotopic (exact) mass is 282 g/mol. The molecule has 0 aromatic heterocycles. The lowest BCUT2D eigenvalue weighted by molar-refractivity contribution is -0.147. The number of urea groups is 1. The number of nitrogens with zero attached hydrogens (tertiary/aromatic N) is 1. The molecule has 1 aliphatic rings. The first-order chi connectivity index (χ1) is 8.53. The van der Waals surface area contributed by atoms with Crippen LogP contribution in [0, 0.1) is 5.41 Å². The Morgan fingerprint density at radius 1 is 1.47 bits per heavy atom. The highest BCUT2D eigenvalue weighted by atomic mass is 19.4. The number of halogens is 3. The van der Waals surface area contributed by atoms with Gasteiger partial charge in [-0.25, -0.2) is 4.79 Å². The molecule has 1 rings (SSSR count). The zero-order valence-electron chi connectivity index (χ0n) is 10.8. The highest BCUT2D eigenvalue weighted by molar-refractivity contribution is 5.79. The number of carboxylic acids is 1. The van der Waals surface area contributed by atoms with Gasteiger partial charge in [0.1, 0.15) is 0 Å². The van der Waals surface area contributed by atoms with Gasteiger partial charge in [0.05, 0.1) is 11.8 Å². The van der Waals surface area contributed by atoms with Crippen LogP contribution >= 0.6 is 0 Å². The summed E-state index contributed by atoms with van der Waals surface area (Å²) in [7, 11) is 0. The van der Waals surface area contributed by atoms with Gasteiger partial charge in [-0.1, -0.05) is 0 Å². The van der Waals surface area contributed by atoms with Gasteiger partial charge >= 0.3 is 18.2 Å². The Bertz CT molecular complexity index is 373. The molecule has 2 N–H and O–H groups in total. The predicted molar refractivity (Wildman–Crippen MR) is 60.6 cm³/mol. The van der Waals surface area contributed by atoms with Crippen molar-refractivity contribution in [2.45, 2.75) is 38.9 Å². The van der Waals surface area contributed by atoms with Crippen molar-refractivity contribution in [1.29, 1.82) is 0 Å². The molecule has 0 bridgehead atoms. The summed E-state index contributed by atoms with van der Waals surface area (Å²) in [6.45, 7) is 3.01. The third-order valence-electron chi connectivity index (χ3n) is 3.18. The van der Waals surface area contributed by atoms with E-state index < -0.39 is 36.1 Å². The van der Waals surface area contributed by atoms with Crippen LogP contribution in [0.5, 0.6) is 0 Å². The molecule has 0 radical (unpaired) electrons. The van der Waals surface area contributed by atoms with Crippen LogP contribution in [0.3, 0.4) is 0 Å². The fourth-order valence-electron chi connectivity index (χ4n) is 2.01. The van der Waals surface area contributed by atoms with Gasteiger partial charge < -0.3 is 15.3 Å². The zero-order chi connectivity index (χ0) is 14.8. The van der Waals surface area contributed by atoms with E-state index in [1.54, 1.807) is 0 Å². The van der Waals surface area contributed by atoms with E-state index in [0.717, 1.165) is 0 Å². The minimum atomic E-state index is -4.34. The number of hydrogen-bond donors (Lipinski definition) is 2. The molecule has 1 heterocycles. The lowest BCUT2D eigenvalue weighted by Gasteiger charge is -2.23. The van der Waals surface area contributed by atoms with Gasteiger partial charge in [-0.3, -0.25) is 4.79 Å². The average molecular weight is 282 g/mol. The van der Waals surface area contributed by atoms with Gasteiger partial charge in [0.2, 0.25) is 0 Å². The van der Waals surface area contributed by atoms with Gasteiger partial charge in [-0.2, -0.15) is 13.2 Å². The summed E-state index contributed by atoms with van der Waals surface area (Å²) in [6.07, 6.45) is -5.15. The summed E-state index contributed by atoms with van der Waals surface area (Å²) in [4.78, 5) is 23.9. The number of amides is 2. The highest BCUT2D eigenvalue weighted by Crippen LogP contribution is 2.30. The lowest BCUT2D eigenvalue weighted by atomic mass is 9.90. The van der Waals surface area contributed by atoms with Crippen molar-refractivity contribution in [2.75, 3.05) is 13.1 Å². The second-order valence-corrected chi connectivity index (χ2v) is 5.21. The standard InChI is InChI=1S/C11H17F3N2O3/c1-7(5-11(12,13)14)15-9(19)16-4-3-10(2,6-16)8(17)18/h7H,3-6H2,1-2H3,(H,15,19)(H,17,18). The van der Waals surface area contributed by atoms with Crippen molar-refractivity contribution >= 4 is 12.0 Å². The fraction of sp³-hybridized carbons (Fsp3) is 0.818. The van der Waals surface area contributed by atoms with E-state index in [1.165, 1.54) is 18.7 Å². The van der Waals surface area contributed by atoms with Crippen LogP contribution in [0.15, 0.2) is 0 Å². The summed E-state index contributed by atoms with van der Waals surface area (Å²) in [6, 6.07) is -1.69. The topological polar surface area (TPSA) is 69.6 Å².